The lowest BCUT2D eigenvalue weighted by molar-refractivity contribution is 0.331. The molecule has 1 aliphatic carbocycles. The van der Waals surface area contributed by atoms with Gasteiger partial charge in [0.2, 0.25) is 0 Å². The third-order valence-electron chi connectivity index (χ3n) is 2.56. The van der Waals surface area contributed by atoms with Crippen LogP contribution in [0.3, 0.4) is 0 Å². The Bertz CT molecular complexity index is 188. The van der Waals surface area contributed by atoms with Crippen molar-refractivity contribution in [1.82, 2.24) is 10.2 Å². The lowest BCUT2D eigenvalue weighted by Crippen LogP contribution is -2.45. The van der Waals surface area contributed by atoms with Crippen LogP contribution in [0.2, 0.25) is 0 Å². The van der Waals surface area contributed by atoms with E-state index in [0.717, 1.165) is 30.5 Å². The van der Waals surface area contributed by atoms with E-state index in [-0.39, 0.29) is 0 Å². The number of thiocarbonyl (C=S) groups is 1. The number of hydrogen-bond donors (Lipinski definition) is 1. The Labute approximate surface area is 93.1 Å². The van der Waals surface area contributed by atoms with Crippen molar-refractivity contribution >= 4 is 17.3 Å². The number of hydrogen-bond acceptors (Lipinski definition) is 1. The molecule has 0 bridgehead atoms. The van der Waals surface area contributed by atoms with Crippen LogP contribution in [0.4, 0.5) is 0 Å². The van der Waals surface area contributed by atoms with Gasteiger partial charge in [-0.1, -0.05) is 6.92 Å². The fourth-order valence-corrected chi connectivity index (χ4v) is 1.83. The van der Waals surface area contributed by atoms with Crippen molar-refractivity contribution < 1.29 is 0 Å². The molecular weight excluding hydrogens is 192 g/mol. The van der Waals surface area contributed by atoms with Crippen LogP contribution in [0.25, 0.3) is 0 Å². The Morgan fingerprint density at radius 3 is 2.57 bits per heavy atom. The first-order valence-electron chi connectivity index (χ1n) is 5.69. The largest absolute Gasteiger partial charge is 0.363 e. The zero-order valence-electron chi connectivity index (χ0n) is 9.55. The fourth-order valence-electron chi connectivity index (χ4n) is 1.44. The van der Waals surface area contributed by atoms with E-state index in [0.29, 0.717) is 6.04 Å². The van der Waals surface area contributed by atoms with Gasteiger partial charge >= 0.3 is 0 Å². The van der Waals surface area contributed by atoms with Gasteiger partial charge in [-0.3, -0.25) is 0 Å². The lowest BCUT2D eigenvalue weighted by Gasteiger charge is -2.29. The maximum absolute atomic E-state index is 5.38. The molecule has 0 aromatic rings. The van der Waals surface area contributed by atoms with Crippen molar-refractivity contribution in [3.05, 3.63) is 0 Å². The van der Waals surface area contributed by atoms with Crippen LogP contribution in [-0.2, 0) is 0 Å². The van der Waals surface area contributed by atoms with E-state index >= 15 is 0 Å². The second kappa shape index (κ2) is 5.54. The minimum atomic E-state index is 0.521. The van der Waals surface area contributed by atoms with Crippen molar-refractivity contribution in [2.24, 2.45) is 5.92 Å². The molecule has 0 unspecified atom stereocenters. The molecule has 1 saturated carbocycles. The van der Waals surface area contributed by atoms with Gasteiger partial charge in [0, 0.05) is 19.1 Å². The van der Waals surface area contributed by atoms with Crippen molar-refractivity contribution in [2.75, 3.05) is 13.1 Å². The highest BCUT2D eigenvalue weighted by atomic mass is 32.1. The van der Waals surface area contributed by atoms with Crippen LogP contribution in [0, 0.1) is 5.92 Å². The van der Waals surface area contributed by atoms with Gasteiger partial charge in [-0.25, -0.2) is 0 Å². The van der Waals surface area contributed by atoms with Crippen LogP contribution < -0.4 is 5.32 Å². The zero-order valence-corrected chi connectivity index (χ0v) is 10.4. The van der Waals surface area contributed by atoms with Crippen molar-refractivity contribution in [3.8, 4) is 0 Å². The summed E-state index contributed by atoms with van der Waals surface area (Å²) in [6, 6.07) is 0.521. The standard InChI is InChI=1S/C11H22N2S/c1-4-7-12-11(14)13(9(2)3)8-10-5-6-10/h9-10H,4-8H2,1-3H3,(H,12,14). The van der Waals surface area contributed by atoms with Crippen molar-refractivity contribution in [1.29, 1.82) is 0 Å². The summed E-state index contributed by atoms with van der Waals surface area (Å²) in [5.74, 6) is 0.902. The van der Waals surface area contributed by atoms with E-state index in [1.54, 1.807) is 0 Å². The number of nitrogens with zero attached hydrogens (tertiary/aromatic N) is 1. The van der Waals surface area contributed by atoms with Gasteiger partial charge in [0.05, 0.1) is 0 Å². The molecule has 82 valence electrons. The summed E-state index contributed by atoms with van der Waals surface area (Å²) in [6.07, 6.45) is 3.91. The summed E-state index contributed by atoms with van der Waals surface area (Å²) >= 11 is 5.38. The molecule has 0 heterocycles. The predicted octanol–water partition coefficient (Wildman–Crippen LogP) is 2.39. The first-order valence-corrected chi connectivity index (χ1v) is 6.10. The Hall–Kier alpha value is -0.310. The minimum absolute atomic E-state index is 0.521. The molecule has 0 radical (unpaired) electrons. The average molecular weight is 214 g/mol. The SMILES string of the molecule is CCCNC(=S)N(CC1CC1)C(C)C. The smallest absolute Gasteiger partial charge is 0.169 e. The molecular formula is C11H22N2S. The number of nitrogens with one attached hydrogen (secondary N) is 1. The normalized spacial score (nSPS) is 15.7. The summed E-state index contributed by atoms with van der Waals surface area (Å²) in [7, 11) is 0. The molecule has 0 spiro atoms. The van der Waals surface area contributed by atoms with Gasteiger partial charge in [-0.2, -0.15) is 0 Å². The Morgan fingerprint density at radius 1 is 1.50 bits per heavy atom. The van der Waals surface area contributed by atoms with E-state index in [1.807, 2.05) is 0 Å². The van der Waals surface area contributed by atoms with Crippen LogP contribution in [0.15, 0.2) is 0 Å². The Kier molecular flexibility index (Phi) is 4.66. The lowest BCUT2D eigenvalue weighted by atomic mass is 10.3. The quantitative estimate of drug-likeness (QED) is 0.708. The molecule has 0 amide bonds. The molecule has 0 atom stereocenters. The Balaban J connectivity index is 2.35. The summed E-state index contributed by atoms with van der Waals surface area (Å²) in [5, 5.41) is 4.24. The maximum Gasteiger partial charge on any atom is 0.169 e. The third-order valence-corrected chi connectivity index (χ3v) is 2.94. The highest BCUT2D eigenvalue weighted by Gasteiger charge is 2.26. The number of rotatable bonds is 5. The van der Waals surface area contributed by atoms with Crippen molar-refractivity contribution in [2.45, 2.75) is 46.1 Å². The van der Waals surface area contributed by atoms with Crippen molar-refractivity contribution in [3.63, 3.8) is 0 Å². The second-order valence-electron chi connectivity index (χ2n) is 4.42. The molecule has 0 aromatic heterocycles. The van der Waals surface area contributed by atoms with Gasteiger partial charge in [0.1, 0.15) is 0 Å². The van der Waals surface area contributed by atoms with Gasteiger partial charge in [0.15, 0.2) is 5.11 Å². The molecule has 1 N–H and O–H groups in total. The minimum Gasteiger partial charge on any atom is -0.363 e. The van der Waals surface area contributed by atoms with Crippen LogP contribution >= 0.6 is 12.2 Å². The highest BCUT2D eigenvalue weighted by Crippen LogP contribution is 2.30. The van der Waals surface area contributed by atoms with E-state index in [2.05, 4.69) is 31.0 Å². The summed E-state index contributed by atoms with van der Waals surface area (Å²) in [4.78, 5) is 2.32. The third kappa shape index (κ3) is 3.82. The molecule has 0 aromatic carbocycles. The maximum atomic E-state index is 5.38. The van der Waals surface area contributed by atoms with Crippen LogP contribution in [-0.4, -0.2) is 29.1 Å². The first-order chi connectivity index (χ1) is 6.65. The van der Waals surface area contributed by atoms with Gasteiger partial charge in [-0.15, -0.1) is 0 Å². The highest BCUT2D eigenvalue weighted by molar-refractivity contribution is 7.80. The fraction of sp³-hybridized carbons (Fsp3) is 0.909. The Morgan fingerprint density at radius 2 is 2.14 bits per heavy atom. The first kappa shape index (κ1) is 11.8. The zero-order chi connectivity index (χ0) is 10.6. The van der Waals surface area contributed by atoms with Gasteiger partial charge < -0.3 is 10.2 Å². The van der Waals surface area contributed by atoms with E-state index in [1.165, 1.54) is 12.8 Å². The van der Waals surface area contributed by atoms with Gasteiger partial charge in [-0.05, 0) is 51.2 Å². The van der Waals surface area contributed by atoms with Crippen LogP contribution in [0.1, 0.15) is 40.0 Å². The second-order valence-corrected chi connectivity index (χ2v) is 4.81. The molecule has 14 heavy (non-hydrogen) atoms. The molecule has 3 heteroatoms. The predicted molar refractivity (Wildman–Crippen MR) is 65.5 cm³/mol. The van der Waals surface area contributed by atoms with E-state index < -0.39 is 0 Å². The van der Waals surface area contributed by atoms with Crippen LogP contribution in [0.5, 0.6) is 0 Å². The molecule has 0 saturated heterocycles. The molecule has 2 nitrogen and oxygen atoms in total. The summed E-state index contributed by atoms with van der Waals surface area (Å²) in [6.45, 7) is 8.72. The average Bonchev–Trinajstić information content (AvgIpc) is 2.93. The van der Waals surface area contributed by atoms with Gasteiger partial charge in [0.25, 0.3) is 0 Å². The topological polar surface area (TPSA) is 15.3 Å². The monoisotopic (exact) mass is 214 g/mol. The molecule has 1 aliphatic rings. The van der Waals surface area contributed by atoms with E-state index in [9.17, 15) is 0 Å². The summed E-state index contributed by atoms with van der Waals surface area (Å²) in [5.41, 5.74) is 0. The molecule has 1 fully saturated rings. The molecule has 1 rings (SSSR count). The van der Waals surface area contributed by atoms with E-state index in [4.69, 9.17) is 12.2 Å². The summed E-state index contributed by atoms with van der Waals surface area (Å²) < 4.78 is 0. The molecule has 0 aliphatic heterocycles.